The van der Waals surface area contributed by atoms with Crippen molar-refractivity contribution in [3.05, 3.63) is 41.6 Å². The van der Waals surface area contributed by atoms with E-state index in [1.807, 2.05) is 0 Å². The van der Waals surface area contributed by atoms with Crippen molar-refractivity contribution in [1.82, 2.24) is 10.2 Å². The van der Waals surface area contributed by atoms with Gasteiger partial charge >= 0.3 is 5.97 Å². The van der Waals surface area contributed by atoms with Crippen molar-refractivity contribution in [3.8, 4) is 5.75 Å². The molecule has 21 heavy (non-hydrogen) atoms. The third-order valence-electron chi connectivity index (χ3n) is 2.62. The number of nitrogens with two attached hydrogens (primary N) is 1. The summed E-state index contributed by atoms with van der Waals surface area (Å²) in [5.41, 5.74) is 5.74. The van der Waals surface area contributed by atoms with Crippen molar-refractivity contribution >= 4 is 23.4 Å². The highest BCUT2D eigenvalue weighted by atomic mass is 16.5. The number of primary amides is 1. The van der Waals surface area contributed by atoms with E-state index in [0.29, 0.717) is 11.5 Å². The summed E-state index contributed by atoms with van der Waals surface area (Å²) in [4.78, 5) is 21.9. The maximum Gasteiger partial charge on any atom is 0.339 e. The number of carboxylic acid groups (broad SMARTS) is 1. The smallest absolute Gasteiger partial charge is 0.339 e. The highest BCUT2D eigenvalue weighted by Gasteiger charge is 2.11. The van der Waals surface area contributed by atoms with E-state index in [4.69, 9.17) is 15.6 Å². The molecule has 0 unspecified atom stereocenters. The molecule has 0 atom stereocenters. The van der Waals surface area contributed by atoms with Gasteiger partial charge in [-0.15, -0.1) is 10.2 Å². The number of hydrogen-bond acceptors (Lipinski definition) is 6. The normalized spacial score (nSPS) is 9.95. The fraction of sp³-hybridized carbons (Fsp3) is 0.0769. The lowest BCUT2D eigenvalue weighted by molar-refractivity contribution is 0.0693. The third kappa shape index (κ3) is 3.24. The number of nitrogens with one attached hydrogen (secondary N) is 1. The number of carbonyl (C=O) groups is 2. The topological polar surface area (TPSA) is 127 Å². The first-order valence-electron chi connectivity index (χ1n) is 5.83. The molecule has 1 heterocycles. The number of ether oxygens (including phenoxy) is 1. The lowest BCUT2D eigenvalue weighted by atomic mass is 10.2. The molecule has 0 aliphatic heterocycles. The van der Waals surface area contributed by atoms with E-state index in [0.717, 1.165) is 0 Å². The van der Waals surface area contributed by atoms with Crippen LogP contribution in [0.2, 0.25) is 0 Å². The molecule has 108 valence electrons. The number of carboxylic acids is 1. The first-order chi connectivity index (χ1) is 10.0. The van der Waals surface area contributed by atoms with Crippen molar-refractivity contribution < 1.29 is 19.4 Å². The van der Waals surface area contributed by atoms with Crippen molar-refractivity contribution in [2.75, 3.05) is 12.4 Å². The van der Waals surface area contributed by atoms with Gasteiger partial charge in [-0.1, -0.05) is 0 Å². The number of nitrogens with zero attached hydrogens (tertiary/aromatic N) is 2. The van der Waals surface area contributed by atoms with E-state index in [2.05, 4.69) is 15.5 Å². The minimum atomic E-state index is -1.08. The van der Waals surface area contributed by atoms with Crippen molar-refractivity contribution in [1.29, 1.82) is 0 Å². The fourth-order valence-electron chi connectivity index (χ4n) is 1.62. The molecule has 1 aromatic carbocycles. The average Bonchev–Trinajstić information content (AvgIpc) is 2.47. The Morgan fingerprint density at radius 1 is 1.24 bits per heavy atom. The van der Waals surface area contributed by atoms with E-state index < -0.39 is 11.9 Å². The predicted molar refractivity (Wildman–Crippen MR) is 73.8 cm³/mol. The minimum absolute atomic E-state index is 0.0539. The Morgan fingerprint density at radius 3 is 2.52 bits per heavy atom. The van der Waals surface area contributed by atoms with Gasteiger partial charge < -0.3 is 20.9 Å². The average molecular weight is 288 g/mol. The summed E-state index contributed by atoms with van der Waals surface area (Å²) in [5, 5.41) is 19.3. The minimum Gasteiger partial charge on any atom is -0.496 e. The zero-order chi connectivity index (χ0) is 15.4. The maximum atomic E-state index is 11.0. The van der Waals surface area contributed by atoms with Crippen LogP contribution < -0.4 is 15.8 Å². The van der Waals surface area contributed by atoms with E-state index >= 15 is 0 Å². The van der Waals surface area contributed by atoms with Crippen molar-refractivity contribution in [3.63, 3.8) is 0 Å². The van der Waals surface area contributed by atoms with E-state index in [9.17, 15) is 9.59 Å². The Morgan fingerprint density at radius 2 is 2.00 bits per heavy atom. The Labute approximate surface area is 119 Å². The molecule has 0 saturated heterocycles. The Balaban J connectivity index is 2.23. The molecule has 1 aromatic heterocycles. The Hall–Kier alpha value is -3.16. The lowest BCUT2D eigenvalue weighted by Crippen LogP contribution is -2.13. The van der Waals surface area contributed by atoms with Crippen LogP contribution in [-0.2, 0) is 0 Å². The highest BCUT2D eigenvalue weighted by molar-refractivity contribution is 5.92. The first kappa shape index (κ1) is 14.3. The second kappa shape index (κ2) is 5.87. The second-order valence-electron chi connectivity index (χ2n) is 4.01. The summed E-state index contributed by atoms with van der Waals surface area (Å²) >= 11 is 0. The van der Waals surface area contributed by atoms with Crippen molar-refractivity contribution in [2.45, 2.75) is 0 Å². The molecule has 1 amide bonds. The van der Waals surface area contributed by atoms with Gasteiger partial charge in [0.25, 0.3) is 5.91 Å². The molecule has 0 spiro atoms. The van der Waals surface area contributed by atoms with E-state index in [-0.39, 0.29) is 17.0 Å². The van der Waals surface area contributed by atoms with Crippen LogP contribution >= 0.6 is 0 Å². The standard InChI is InChI=1S/C13H12N4O4/c1-21-10-6-7(2-3-8(10)13(19)20)15-11-5-4-9(12(14)18)16-17-11/h2-6H,1H3,(H2,14,18)(H,15,17)(H,19,20). The van der Waals surface area contributed by atoms with Crippen LogP contribution in [0, 0.1) is 0 Å². The number of rotatable bonds is 5. The molecule has 2 aromatic rings. The quantitative estimate of drug-likeness (QED) is 0.749. The van der Waals surface area contributed by atoms with Gasteiger partial charge in [0.2, 0.25) is 0 Å². The van der Waals surface area contributed by atoms with Gasteiger partial charge in [0.1, 0.15) is 11.3 Å². The molecule has 2 rings (SSSR count). The number of aromatic nitrogens is 2. The molecule has 0 aliphatic carbocycles. The van der Waals surface area contributed by atoms with Crippen LogP contribution in [0.1, 0.15) is 20.8 Å². The molecule has 0 fully saturated rings. The largest absolute Gasteiger partial charge is 0.496 e. The van der Waals surface area contributed by atoms with Crippen LogP contribution in [0.25, 0.3) is 0 Å². The zero-order valence-corrected chi connectivity index (χ0v) is 11.0. The zero-order valence-electron chi connectivity index (χ0n) is 11.0. The molecular weight excluding hydrogens is 276 g/mol. The summed E-state index contributed by atoms with van der Waals surface area (Å²) in [7, 11) is 1.38. The van der Waals surface area contributed by atoms with E-state index in [1.165, 1.54) is 31.4 Å². The molecule has 4 N–H and O–H groups in total. The van der Waals surface area contributed by atoms with Crippen LogP contribution in [0.15, 0.2) is 30.3 Å². The summed E-state index contributed by atoms with van der Waals surface area (Å²) in [6, 6.07) is 7.46. The van der Waals surface area contributed by atoms with Gasteiger partial charge in [-0.3, -0.25) is 4.79 Å². The van der Waals surface area contributed by atoms with Gasteiger partial charge in [-0.2, -0.15) is 0 Å². The van der Waals surface area contributed by atoms with Crippen LogP contribution in [-0.4, -0.2) is 34.3 Å². The highest BCUT2D eigenvalue weighted by Crippen LogP contribution is 2.24. The van der Waals surface area contributed by atoms with Gasteiger partial charge in [0.15, 0.2) is 11.5 Å². The molecule has 0 radical (unpaired) electrons. The number of anilines is 2. The van der Waals surface area contributed by atoms with E-state index in [1.54, 1.807) is 6.07 Å². The summed E-state index contributed by atoms with van der Waals surface area (Å²) in [6.07, 6.45) is 0. The van der Waals surface area contributed by atoms with Crippen molar-refractivity contribution in [2.24, 2.45) is 5.73 Å². The summed E-state index contributed by atoms with van der Waals surface area (Å²) < 4.78 is 5.02. The number of amides is 1. The van der Waals surface area contributed by atoms with Crippen LogP contribution in [0.5, 0.6) is 5.75 Å². The first-order valence-corrected chi connectivity index (χ1v) is 5.83. The Kier molecular flexibility index (Phi) is 3.98. The molecular formula is C13H12N4O4. The van der Waals surface area contributed by atoms with Gasteiger partial charge in [-0.25, -0.2) is 4.79 Å². The number of aromatic carboxylic acids is 1. The summed E-state index contributed by atoms with van der Waals surface area (Å²) in [6.45, 7) is 0. The number of carbonyl (C=O) groups excluding carboxylic acids is 1. The van der Waals surface area contributed by atoms with Crippen LogP contribution in [0.4, 0.5) is 11.5 Å². The second-order valence-corrected chi connectivity index (χ2v) is 4.01. The van der Waals surface area contributed by atoms with Gasteiger partial charge in [0, 0.05) is 11.8 Å². The van der Waals surface area contributed by atoms with Gasteiger partial charge in [0.05, 0.1) is 7.11 Å². The third-order valence-corrected chi connectivity index (χ3v) is 2.62. The number of hydrogen-bond donors (Lipinski definition) is 3. The SMILES string of the molecule is COc1cc(Nc2ccc(C(N)=O)nn2)ccc1C(=O)O. The molecule has 8 heteroatoms. The lowest BCUT2D eigenvalue weighted by Gasteiger charge is -2.09. The monoisotopic (exact) mass is 288 g/mol. The molecule has 0 bridgehead atoms. The fourth-order valence-corrected chi connectivity index (χ4v) is 1.62. The molecule has 0 aliphatic rings. The predicted octanol–water partition coefficient (Wildman–Crippen LogP) is 1.03. The van der Waals surface area contributed by atoms with Gasteiger partial charge in [-0.05, 0) is 24.3 Å². The molecule has 8 nitrogen and oxygen atoms in total. The maximum absolute atomic E-state index is 11.0. The van der Waals surface area contributed by atoms with Crippen LogP contribution in [0.3, 0.4) is 0 Å². The molecule has 0 saturated carbocycles. The number of methoxy groups -OCH3 is 1. The number of benzene rings is 1. The summed E-state index contributed by atoms with van der Waals surface area (Å²) in [5.74, 6) is -1.15. The Bertz CT molecular complexity index is 685.